The first kappa shape index (κ1) is 13.9. The van der Waals surface area contributed by atoms with E-state index in [-0.39, 0.29) is 6.10 Å². The van der Waals surface area contributed by atoms with Crippen molar-refractivity contribution in [2.24, 2.45) is 0 Å². The van der Waals surface area contributed by atoms with Gasteiger partial charge in [0.05, 0.1) is 7.11 Å². The van der Waals surface area contributed by atoms with Crippen molar-refractivity contribution in [1.29, 1.82) is 0 Å². The second-order valence-corrected chi connectivity index (χ2v) is 4.94. The van der Waals surface area contributed by atoms with E-state index < -0.39 is 0 Å². The van der Waals surface area contributed by atoms with Crippen molar-refractivity contribution in [1.82, 2.24) is 5.32 Å². The van der Waals surface area contributed by atoms with E-state index in [1.165, 1.54) is 5.56 Å². The summed E-state index contributed by atoms with van der Waals surface area (Å²) in [4.78, 5) is 0. The monoisotopic (exact) mass is 261 g/mol. The summed E-state index contributed by atoms with van der Waals surface area (Å²) in [5.74, 6) is 1.91. The third kappa shape index (κ3) is 3.51. The average Bonchev–Trinajstić information content (AvgIpc) is 2.76. The van der Waals surface area contributed by atoms with E-state index in [2.05, 4.69) is 43.4 Å². The summed E-state index contributed by atoms with van der Waals surface area (Å²) >= 11 is 0. The molecule has 19 heavy (non-hydrogen) atoms. The summed E-state index contributed by atoms with van der Waals surface area (Å²) in [6, 6.07) is 4.17. The first-order valence-electron chi connectivity index (χ1n) is 6.99. The van der Waals surface area contributed by atoms with E-state index in [9.17, 15) is 0 Å². The molecule has 0 aliphatic carbocycles. The number of rotatable bonds is 6. The fourth-order valence-corrected chi connectivity index (χ4v) is 2.31. The van der Waals surface area contributed by atoms with E-state index in [0.717, 1.165) is 43.0 Å². The molecule has 1 aliphatic rings. The van der Waals surface area contributed by atoms with Crippen LogP contribution in [-0.2, 0) is 6.42 Å². The average molecular weight is 261 g/mol. The second-order valence-electron chi connectivity index (χ2n) is 4.94. The predicted octanol–water partition coefficient (Wildman–Crippen LogP) is 3.03. The summed E-state index contributed by atoms with van der Waals surface area (Å²) < 4.78 is 11.2. The zero-order chi connectivity index (χ0) is 13.7. The van der Waals surface area contributed by atoms with E-state index in [4.69, 9.17) is 9.47 Å². The highest BCUT2D eigenvalue weighted by atomic mass is 16.5. The molecule has 1 aromatic rings. The smallest absolute Gasteiger partial charge is 0.126 e. The molecule has 104 valence electrons. The summed E-state index contributed by atoms with van der Waals surface area (Å²) in [5.41, 5.74) is 2.32. The normalized spacial score (nSPS) is 17.5. The van der Waals surface area contributed by atoms with Crippen LogP contribution in [0.15, 0.2) is 18.2 Å². The van der Waals surface area contributed by atoms with Crippen LogP contribution in [0, 0.1) is 0 Å². The number of methoxy groups -OCH3 is 1. The van der Waals surface area contributed by atoms with Gasteiger partial charge in [-0.1, -0.05) is 19.1 Å². The Kier molecular flexibility index (Phi) is 4.86. The summed E-state index contributed by atoms with van der Waals surface area (Å²) in [6.45, 7) is 6.19. The van der Waals surface area contributed by atoms with Crippen molar-refractivity contribution in [3.63, 3.8) is 0 Å². The molecule has 3 nitrogen and oxygen atoms in total. The molecule has 1 atom stereocenters. The van der Waals surface area contributed by atoms with Crippen LogP contribution in [0.5, 0.6) is 11.5 Å². The van der Waals surface area contributed by atoms with E-state index in [1.54, 1.807) is 7.11 Å². The lowest BCUT2D eigenvalue weighted by Gasteiger charge is -2.08. The fraction of sp³-hybridized carbons (Fsp3) is 0.500. The molecule has 0 aromatic heterocycles. The highest BCUT2D eigenvalue weighted by molar-refractivity contribution is 5.62. The molecule has 1 unspecified atom stereocenters. The molecule has 0 saturated carbocycles. The number of ether oxygens (including phenoxy) is 2. The van der Waals surface area contributed by atoms with Crippen LogP contribution in [-0.4, -0.2) is 26.3 Å². The van der Waals surface area contributed by atoms with Gasteiger partial charge in [-0.2, -0.15) is 0 Å². The molecule has 1 N–H and O–H groups in total. The minimum atomic E-state index is 0.269. The molecule has 2 rings (SSSR count). The van der Waals surface area contributed by atoms with Gasteiger partial charge in [0.15, 0.2) is 0 Å². The molecule has 0 fully saturated rings. The van der Waals surface area contributed by atoms with Gasteiger partial charge in [0.2, 0.25) is 0 Å². The molecular weight excluding hydrogens is 238 g/mol. The van der Waals surface area contributed by atoms with Gasteiger partial charge in [-0.15, -0.1) is 0 Å². The van der Waals surface area contributed by atoms with Gasteiger partial charge in [-0.3, -0.25) is 0 Å². The third-order valence-corrected chi connectivity index (χ3v) is 3.23. The minimum Gasteiger partial charge on any atom is -0.496 e. The standard InChI is InChI=1S/C16H23NO2/c1-4-7-17-8-5-6-13-10-16-14(9-12(2)19-16)11-15(13)18-3/h5-6,10-12,17H,4,7-9H2,1-3H3/b6-5+. The summed E-state index contributed by atoms with van der Waals surface area (Å²) in [7, 11) is 1.72. The van der Waals surface area contributed by atoms with Crippen molar-refractivity contribution in [3.8, 4) is 11.5 Å². The van der Waals surface area contributed by atoms with Crippen LogP contribution in [0.1, 0.15) is 31.4 Å². The predicted molar refractivity (Wildman–Crippen MR) is 79.0 cm³/mol. The van der Waals surface area contributed by atoms with E-state index in [0.29, 0.717) is 0 Å². The van der Waals surface area contributed by atoms with Gasteiger partial charge in [0.25, 0.3) is 0 Å². The van der Waals surface area contributed by atoms with Crippen molar-refractivity contribution >= 4 is 6.08 Å². The Morgan fingerprint density at radius 3 is 3.05 bits per heavy atom. The molecule has 1 aromatic carbocycles. The maximum absolute atomic E-state index is 5.79. The van der Waals surface area contributed by atoms with Gasteiger partial charge in [0, 0.05) is 24.1 Å². The van der Waals surface area contributed by atoms with Gasteiger partial charge in [-0.25, -0.2) is 0 Å². The Morgan fingerprint density at radius 2 is 2.32 bits per heavy atom. The van der Waals surface area contributed by atoms with Gasteiger partial charge in [0.1, 0.15) is 17.6 Å². The Bertz CT molecular complexity index is 454. The SMILES string of the molecule is CCCNC/C=C/c1cc2c(cc1OC)CC(C)O2. The van der Waals surface area contributed by atoms with E-state index in [1.807, 2.05) is 0 Å². The molecule has 0 spiro atoms. The summed E-state index contributed by atoms with van der Waals surface area (Å²) in [6.07, 6.45) is 6.60. The first-order valence-corrected chi connectivity index (χ1v) is 6.99. The van der Waals surface area contributed by atoms with Crippen molar-refractivity contribution in [2.75, 3.05) is 20.2 Å². The minimum absolute atomic E-state index is 0.269. The van der Waals surface area contributed by atoms with Crippen molar-refractivity contribution < 1.29 is 9.47 Å². The summed E-state index contributed by atoms with van der Waals surface area (Å²) in [5, 5.41) is 3.34. The Labute approximate surface area is 115 Å². The van der Waals surface area contributed by atoms with Crippen LogP contribution in [0.2, 0.25) is 0 Å². The molecule has 1 heterocycles. The lowest BCUT2D eigenvalue weighted by molar-refractivity contribution is 0.254. The van der Waals surface area contributed by atoms with Crippen LogP contribution < -0.4 is 14.8 Å². The lowest BCUT2D eigenvalue weighted by Crippen LogP contribution is -2.13. The number of nitrogens with one attached hydrogen (secondary N) is 1. The highest BCUT2D eigenvalue weighted by Crippen LogP contribution is 2.35. The largest absolute Gasteiger partial charge is 0.496 e. The lowest BCUT2D eigenvalue weighted by atomic mass is 10.1. The molecule has 0 saturated heterocycles. The van der Waals surface area contributed by atoms with E-state index >= 15 is 0 Å². The Hall–Kier alpha value is -1.48. The zero-order valence-corrected chi connectivity index (χ0v) is 12.0. The van der Waals surface area contributed by atoms with Crippen molar-refractivity contribution in [2.45, 2.75) is 32.8 Å². The molecule has 1 aliphatic heterocycles. The zero-order valence-electron chi connectivity index (χ0n) is 12.0. The number of hydrogen-bond donors (Lipinski definition) is 1. The van der Waals surface area contributed by atoms with Crippen molar-refractivity contribution in [3.05, 3.63) is 29.3 Å². The van der Waals surface area contributed by atoms with Gasteiger partial charge in [-0.05, 0) is 32.0 Å². The highest BCUT2D eigenvalue weighted by Gasteiger charge is 2.20. The number of benzene rings is 1. The second kappa shape index (κ2) is 6.62. The molecule has 3 heteroatoms. The van der Waals surface area contributed by atoms with Crippen LogP contribution >= 0.6 is 0 Å². The Morgan fingerprint density at radius 1 is 1.47 bits per heavy atom. The third-order valence-electron chi connectivity index (χ3n) is 3.23. The maximum atomic E-state index is 5.79. The topological polar surface area (TPSA) is 30.5 Å². The van der Waals surface area contributed by atoms with Crippen LogP contribution in [0.4, 0.5) is 0 Å². The quantitative estimate of drug-likeness (QED) is 0.798. The number of fused-ring (bicyclic) bond motifs is 1. The van der Waals surface area contributed by atoms with Gasteiger partial charge < -0.3 is 14.8 Å². The Balaban J connectivity index is 2.09. The molecule has 0 amide bonds. The van der Waals surface area contributed by atoms with Gasteiger partial charge >= 0.3 is 0 Å². The molecule has 0 bridgehead atoms. The van der Waals surface area contributed by atoms with Crippen LogP contribution in [0.25, 0.3) is 6.08 Å². The first-order chi connectivity index (χ1) is 9.24. The maximum Gasteiger partial charge on any atom is 0.126 e. The molecular formula is C16H23NO2. The number of hydrogen-bond acceptors (Lipinski definition) is 3. The van der Waals surface area contributed by atoms with Crippen LogP contribution in [0.3, 0.4) is 0 Å². The fourth-order valence-electron chi connectivity index (χ4n) is 2.31. The molecule has 0 radical (unpaired) electrons.